The lowest BCUT2D eigenvalue weighted by molar-refractivity contribution is -0.110. The van der Waals surface area contributed by atoms with E-state index in [1.54, 1.807) is 48.5 Å². The minimum atomic E-state index is -3.64. The first kappa shape index (κ1) is 21.4. The molecule has 0 bridgehead atoms. The summed E-state index contributed by atoms with van der Waals surface area (Å²) in [5.41, 5.74) is 2.12. The Balaban J connectivity index is 1.68. The Kier molecular flexibility index (Phi) is 5.77. The number of nitrogens with one attached hydrogen (secondary N) is 2. The van der Waals surface area contributed by atoms with Crippen LogP contribution in [0.25, 0.3) is 11.6 Å². The minimum Gasteiger partial charge on any atom is -0.457 e. The standard InChI is InChI=1S/C22H16Cl2N2O4S/c1-25-31(28,29)16-6-8-21-17(12-16)18(22(27)26-21)10-13-3-2-4-14(9-13)30-15-5-7-19(23)20(24)11-15/h2-12,25H,1H3,(H,26,27). The maximum Gasteiger partial charge on any atom is 0.256 e. The Labute approximate surface area is 189 Å². The van der Waals surface area contributed by atoms with Gasteiger partial charge in [-0.25, -0.2) is 13.1 Å². The quantitative estimate of drug-likeness (QED) is 0.498. The summed E-state index contributed by atoms with van der Waals surface area (Å²) in [4.78, 5) is 12.6. The Bertz CT molecular complexity index is 1340. The smallest absolute Gasteiger partial charge is 0.256 e. The van der Waals surface area contributed by atoms with Crippen LogP contribution in [0.5, 0.6) is 11.5 Å². The molecule has 6 nitrogen and oxygen atoms in total. The van der Waals surface area contributed by atoms with Gasteiger partial charge in [0.05, 0.1) is 14.9 Å². The first-order valence-electron chi connectivity index (χ1n) is 9.11. The van der Waals surface area contributed by atoms with Gasteiger partial charge >= 0.3 is 0 Å². The molecule has 0 aromatic heterocycles. The molecule has 9 heteroatoms. The molecular formula is C22H16Cl2N2O4S. The van der Waals surface area contributed by atoms with Crippen molar-refractivity contribution in [3.63, 3.8) is 0 Å². The van der Waals surface area contributed by atoms with Crippen molar-refractivity contribution >= 4 is 56.5 Å². The highest BCUT2D eigenvalue weighted by Gasteiger charge is 2.26. The van der Waals surface area contributed by atoms with E-state index in [-0.39, 0.29) is 10.8 Å². The first-order chi connectivity index (χ1) is 14.8. The highest BCUT2D eigenvalue weighted by Crippen LogP contribution is 2.35. The molecule has 158 valence electrons. The van der Waals surface area contributed by atoms with Crippen LogP contribution >= 0.6 is 23.2 Å². The van der Waals surface area contributed by atoms with Crippen LogP contribution in [0.15, 0.2) is 65.6 Å². The third-order valence-electron chi connectivity index (χ3n) is 4.65. The van der Waals surface area contributed by atoms with Crippen LogP contribution in [0.4, 0.5) is 5.69 Å². The fraction of sp³-hybridized carbons (Fsp3) is 0.0455. The molecule has 0 spiro atoms. The van der Waals surface area contributed by atoms with Crippen molar-refractivity contribution in [1.82, 2.24) is 4.72 Å². The van der Waals surface area contributed by atoms with Gasteiger partial charge in [-0.1, -0.05) is 35.3 Å². The highest BCUT2D eigenvalue weighted by molar-refractivity contribution is 7.89. The van der Waals surface area contributed by atoms with Gasteiger partial charge in [-0.2, -0.15) is 0 Å². The second-order valence-corrected chi connectivity index (χ2v) is 9.38. The summed E-state index contributed by atoms with van der Waals surface area (Å²) in [5.74, 6) is 0.743. The minimum absolute atomic E-state index is 0.0767. The van der Waals surface area contributed by atoms with Crippen molar-refractivity contribution in [3.8, 4) is 11.5 Å². The molecule has 1 heterocycles. The Morgan fingerprint density at radius 3 is 2.48 bits per heavy atom. The molecule has 0 atom stereocenters. The van der Waals surface area contributed by atoms with Crippen molar-refractivity contribution in [3.05, 3.63) is 81.8 Å². The van der Waals surface area contributed by atoms with Gasteiger partial charge < -0.3 is 10.1 Å². The molecule has 4 rings (SSSR count). The lowest BCUT2D eigenvalue weighted by Gasteiger charge is -2.08. The summed E-state index contributed by atoms with van der Waals surface area (Å²) >= 11 is 12.0. The summed E-state index contributed by atoms with van der Waals surface area (Å²) in [6, 6.07) is 16.6. The number of rotatable bonds is 5. The summed E-state index contributed by atoms with van der Waals surface area (Å²) in [6.45, 7) is 0. The first-order valence-corrected chi connectivity index (χ1v) is 11.3. The van der Waals surface area contributed by atoms with Crippen LogP contribution < -0.4 is 14.8 Å². The zero-order valence-electron chi connectivity index (χ0n) is 16.1. The van der Waals surface area contributed by atoms with Crippen LogP contribution in [0, 0.1) is 0 Å². The molecule has 1 aliphatic rings. The van der Waals surface area contributed by atoms with E-state index in [2.05, 4.69) is 10.0 Å². The fourth-order valence-corrected chi connectivity index (χ4v) is 4.15. The number of amides is 1. The van der Waals surface area contributed by atoms with Crippen LogP contribution in [-0.2, 0) is 14.8 Å². The molecule has 0 fully saturated rings. The second-order valence-electron chi connectivity index (χ2n) is 6.68. The number of fused-ring (bicyclic) bond motifs is 1. The predicted octanol–water partition coefficient (Wildman–Crippen LogP) is 5.19. The lowest BCUT2D eigenvalue weighted by Crippen LogP contribution is -2.18. The monoisotopic (exact) mass is 474 g/mol. The van der Waals surface area contributed by atoms with E-state index in [1.165, 1.54) is 19.2 Å². The number of benzene rings is 3. The third-order valence-corrected chi connectivity index (χ3v) is 6.80. The maximum atomic E-state index is 12.5. The van der Waals surface area contributed by atoms with Crippen molar-refractivity contribution in [1.29, 1.82) is 0 Å². The summed E-state index contributed by atoms with van der Waals surface area (Å²) < 4.78 is 32.4. The average Bonchev–Trinajstić information content (AvgIpc) is 3.05. The van der Waals surface area contributed by atoms with E-state index in [1.807, 2.05) is 6.07 Å². The molecule has 3 aromatic carbocycles. The summed E-state index contributed by atoms with van der Waals surface area (Å²) in [6.07, 6.45) is 1.68. The molecule has 1 amide bonds. The topological polar surface area (TPSA) is 84.5 Å². The molecule has 0 saturated carbocycles. The van der Waals surface area contributed by atoms with E-state index in [4.69, 9.17) is 27.9 Å². The molecule has 0 saturated heterocycles. The van der Waals surface area contributed by atoms with E-state index >= 15 is 0 Å². The largest absolute Gasteiger partial charge is 0.457 e. The average molecular weight is 475 g/mol. The van der Waals surface area contributed by atoms with Crippen molar-refractivity contribution < 1.29 is 17.9 Å². The second kappa shape index (κ2) is 8.36. The van der Waals surface area contributed by atoms with Crippen LogP contribution in [0.2, 0.25) is 10.0 Å². The number of carbonyl (C=O) groups excluding carboxylic acids is 1. The number of hydrogen-bond acceptors (Lipinski definition) is 4. The maximum absolute atomic E-state index is 12.5. The van der Waals surface area contributed by atoms with E-state index in [9.17, 15) is 13.2 Å². The van der Waals surface area contributed by atoms with Crippen molar-refractivity contribution in [2.24, 2.45) is 0 Å². The normalized spacial score (nSPS) is 14.4. The predicted molar refractivity (Wildman–Crippen MR) is 122 cm³/mol. The summed E-state index contributed by atoms with van der Waals surface area (Å²) in [7, 11) is -2.30. The van der Waals surface area contributed by atoms with Gasteiger partial charge in [0, 0.05) is 22.9 Å². The number of anilines is 1. The molecule has 31 heavy (non-hydrogen) atoms. The van der Waals surface area contributed by atoms with Gasteiger partial charge in [-0.15, -0.1) is 0 Å². The zero-order chi connectivity index (χ0) is 22.2. The van der Waals surface area contributed by atoms with Crippen molar-refractivity contribution in [2.75, 3.05) is 12.4 Å². The number of carbonyl (C=O) groups is 1. The molecule has 0 unspecified atom stereocenters. The number of ether oxygens (including phenoxy) is 1. The van der Waals surface area contributed by atoms with Crippen LogP contribution in [0.1, 0.15) is 11.1 Å². The number of hydrogen-bond donors (Lipinski definition) is 2. The van der Waals surface area contributed by atoms with Gasteiger partial charge in [-0.3, -0.25) is 4.79 Å². The molecular weight excluding hydrogens is 459 g/mol. The third kappa shape index (κ3) is 4.45. The van der Waals surface area contributed by atoms with Gasteiger partial charge in [0.1, 0.15) is 11.5 Å². The van der Waals surface area contributed by atoms with Gasteiger partial charge in [-0.05, 0) is 61.2 Å². The Morgan fingerprint density at radius 1 is 0.968 bits per heavy atom. The van der Waals surface area contributed by atoms with E-state index in [0.717, 1.165) is 0 Å². The molecule has 1 aliphatic heterocycles. The fourth-order valence-electron chi connectivity index (χ4n) is 3.11. The van der Waals surface area contributed by atoms with E-state index in [0.29, 0.717) is 43.9 Å². The van der Waals surface area contributed by atoms with Gasteiger partial charge in [0.15, 0.2) is 0 Å². The molecule has 0 radical (unpaired) electrons. The van der Waals surface area contributed by atoms with Crippen molar-refractivity contribution in [2.45, 2.75) is 4.90 Å². The zero-order valence-corrected chi connectivity index (χ0v) is 18.5. The molecule has 2 N–H and O–H groups in total. The number of halogens is 2. The van der Waals surface area contributed by atoms with Crippen LogP contribution in [0.3, 0.4) is 0 Å². The lowest BCUT2D eigenvalue weighted by atomic mass is 10.0. The van der Waals surface area contributed by atoms with Crippen LogP contribution in [-0.4, -0.2) is 21.4 Å². The Hall–Kier alpha value is -2.84. The van der Waals surface area contributed by atoms with E-state index < -0.39 is 10.0 Å². The van der Waals surface area contributed by atoms with Gasteiger partial charge in [0.2, 0.25) is 10.0 Å². The summed E-state index contributed by atoms with van der Waals surface area (Å²) in [5, 5.41) is 3.56. The SMILES string of the molecule is CNS(=O)(=O)c1ccc2c(c1)C(=Cc1cccc(Oc3ccc(Cl)c(Cl)c3)c1)C(=O)N2. The van der Waals surface area contributed by atoms with Gasteiger partial charge in [0.25, 0.3) is 5.91 Å². The number of sulfonamides is 1. The Morgan fingerprint density at radius 2 is 1.74 bits per heavy atom. The molecule has 3 aromatic rings. The highest BCUT2D eigenvalue weighted by atomic mass is 35.5. The molecule has 0 aliphatic carbocycles.